The number of hydrogen-bond acceptors (Lipinski definition) is 1. The molecule has 0 saturated carbocycles. The number of hydrogen-bond donors (Lipinski definition) is 2. The van der Waals surface area contributed by atoms with E-state index in [2.05, 4.69) is 34.0 Å². The number of aromatic nitrogens is 2. The van der Waals surface area contributed by atoms with Crippen molar-refractivity contribution in [2.75, 3.05) is 26.7 Å². The van der Waals surface area contributed by atoms with Crippen LogP contribution in [-0.4, -0.2) is 42.5 Å². The molecule has 1 amide bonds. The van der Waals surface area contributed by atoms with Crippen molar-refractivity contribution in [2.24, 2.45) is 5.92 Å². The van der Waals surface area contributed by atoms with Crippen LogP contribution in [0.2, 0.25) is 0 Å². The van der Waals surface area contributed by atoms with Crippen LogP contribution in [0.3, 0.4) is 0 Å². The number of amides is 1. The topological polar surface area (TPSA) is 56.6 Å². The summed E-state index contributed by atoms with van der Waals surface area (Å²) in [6.45, 7) is 2.91. The molecule has 1 aromatic heterocycles. The second-order valence-electron chi connectivity index (χ2n) is 7.09. The highest BCUT2D eigenvalue weighted by molar-refractivity contribution is 5.94. The number of nitrogens with one attached hydrogen (secondary N) is 1. The largest absolute Gasteiger partial charge is 0.348 e. The Bertz CT molecular complexity index is 892. The van der Waals surface area contributed by atoms with Crippen molar-refractivity contribution < 1.29 is 14.7 Å². The molecule has 0 atom stereocenters. The monoisotopic (exact) mass is 350 g/mol. The Labute approximate surface area is 153 Å². The minimum absolute atomic E-state index is 0.152. The lowest BCUT2D eigenvalue weighted by Crippen LogP contribution is -2.81. The van der Waals surface area contributed by atoms with Crippen molar-refractivity contribution in [3.05, 3.63) is 60.4 Å². The van der Waals surface area contributed by atoms with Crippen molar-refractivity contribution in [1.82, 2.24) is 9.88 Å². The van der Waals surface area contributed by atoms with E-state index in [1.54, 1.807) is 0 Å². The molecule has 3 N–H and O–H groups in total. The number of benzene rings is 2. The van der Waals surface area contributed by atoms with E-state index in [0.717, 1.165) is 54.1 Å². The van der Waals surface area contributed by atoms with Gasteiger partial charge in [0.1, 0.15) is 5.69 Å². The van der Waals surface area contributed by atoms with Gasteiger partial charge in [0.25, 0.3) is 5.91 Å². The fourth-order valence-electron chi connectivity index (χ4n) is 3.88. The van der Waals surface area contributed by atoms with Crippen molar-refractivity contribution in [1.29, 1.82) is 0 Å². The molecule has 1 fully saturated rings. The van der Waals surface area contributed by atoms with Crippen molar-refractivity contribution >= 4 is 16.9 Å². The summed E-state index contributed by atoms with van der Waals surface area (Å²) in [6.07, 6.45) is 4.18. The van der Waals surface area contributed by atoms with E-state index in [1.165, 1.54) is 6.54 Å². The zero-order chi connectivity index (χ0) is 17.9. The minimum Gasteiger partial charge on any atom is -0.348 e. The van der Waals surface area contributed by atoms with Gasteiger partial charge in [-0.15, -0.1) is 0 Å². The maximum Gasteiger partial charge on any atom is 0.253 e. The molecule has 1 aliphatic heterocycles. The number of para-hydroxylation sites is 2. The molecule has 2 aromatic carbocycles. The highest BCUT2D eigenvalue weighted by Crippen LogP contribution is 2.18. The highest BCUT2D eigenvalue weighted by Gasteiger charge is 2.24. The number of fused-ring (bicyclic) bond motifs is 1. The maximum absolute atomic E-state index is 12.8. The lowest BCUT2D eigenvalue weighted by molar-refractivity contribution is -0.633. The Balaban J connectivity index is 1.49. The summed E-state index contributed by atoms with van der Waals surface area (Å²) in [7, 11) is 2.12. The number of nitrogens with two attached hydrogens (primary N) is 1. The average Bonchev–Trinajstić information content (AvgIpc) is 3.13. The summed E-state index contributed by atoms with van der Waals surface area (Å²) >= 11 is 0. The molecule has 4 rings (SSSR count). The van der Waals surface area contributed by atoms with E-state index in [1.807, 2.05) is 47.6 Å². The van der Waals surface area contributed by atoms with E-state index in [4.69, 9.17) is 0 Å². The molecular weight excluding hydrogens is 324 g/mol. The van der Waals surface area contributed by atoms with Crippen LogP contribution in [0, 0.1) is 5.92 Å². The van der Waals surface area contributed by atoms with Gasteiger partial charge in [-0.25, -0.2) is 4.98 Å². The smallest absolute Gasteiger partial charge is 0.253 e. The summed E-state index contributed by atoms with van der Waals surface area (Å²) in [4.78, 5) is 18.1. The van der Waals surface area contributed by atoms with Gasteiger partial charge in [-0.2, -0.15) is 4.57 Å². The van der Waals surface area contributed by atoms with E-state index >= 15 is 0 Å². The molecule has 0 aliphatic carbocycles. The predicted molar refractivity (Wildman–Crippen MR) is 101 cm³/mol. The third-order valence-corrected chi connectivity index (χ3v) is 5.38. The van der Waals surface area contributed by atoms with Gasteiger partial charge in [-0.1, -0.05) is 12.1 Å². The number of carbonyl (C=O) groups excluding carboxylic acids is 1. The Hall–Kier alpha value is -2.66. The Kier molecular flexibility index (Phi) is 4.71. The lowest BCUT2D eigenvalue weighted by atomic mass is 9.96. The zero-order valence-electron chi connectivity index (χ0n) is 15.2. The SMILES string of the molecule is C[NH2+]CC1CCN(C(=O)c2ccc(-[n+]3c[nH]c4ccccc43)cc2)CC1. The Morgan fingerprint density at radius 1 is 1.15 bits per heavy atom. The molecular formula is C21H26N4O+2. The van der Waals surface area contributed by atoms with Gasteiger partial charge in [0.05, 0.1) is 13.6 Å². The normalized spacial score (nSPS) is 15.5. The number of imidazole rings is 1. The van der Waals surface area contributed by atoms with Crippen LogP contribution in [-0.2, 0) is 0 Å². The van der Waals surface area contributed by atoms with Crippen molar-refractivity contribution in [3.8, 4) is 5.69 Å². The Morgan fingerprint density at radius 3 is 2.62 bits per heavy atom. The fourth-order valence-corrected chi connectivity index (χ4v) is 3.88. The van der Waals surface area contributed by atoms with E-state index < -0.39 is 0 Å². The molecule has 0 unspecified atom stereocenters. The van der Waals surface area contributed by atoms with Crippen LogP contribution in [0.25, 0.3) is 16.7 Å². The van der Waals surface area contributed by atoms with Gasteiger partial charge in [0.15, 0.2) is 11.0 Å². The molecule has 0 bridgehead atoms. The molecule has 3 aromatic rings. The molecule has 134 valence electrons. The van der Waals surface area contributed by atoms with Crippen LogP contribution in [0.4, 0.5) is 0 Å². The fraction of sp³-hybridized carbons (Fsp3) is 0.333. The molecule has 26 heavy (non-hydrogen) atoms. The van der Waals surface area contributed by atoms with Crippen molar-refractivity contribution in [3.63, 3.8) is 0 Å². The average molecular weight is 350 g/mol. The molecule has 5 nitrogen and oxygen atoms in total. The summed E-state index contributed by atoms with van der Waals surface area (Å²) in [5.41, 5.74) is 4.05. The second kappa shape index (κ2) is 7.30. The molecule has 1 saturated heterocycles. The number of H-pyrrole nitrogens is 1. The van der Waals surface area contributed by atoms with E-state index in [-0.39, 0.29) is 5.91 Å². The summed E-state index contributed by atoms with van der Waals surface area (Å²) in [5, 5.41) is 2.24. The summed E-state index contributed by atoms with van der Waals surface area (Å²) < 4.78 is 2.11. The lowest BCUT2D eigenvalue weighted by Gasteiger charge is -2.31. The van der Waals surface area contributed by atoms with Crippen LogP contribution < -0.4 is 9.88 Å². The highest BCUT2D eigenvalue weighted by atomic mass is 16.2. The van der Waals surface area contributed by atoms with Crippen LogP contribution in [0.5, 0.6) is 0 Å². The number of aromatic amines is 1. The standard InChI is InChI=1S/C21H24N4O/c1-22-14-16-10-12-24(13-11-16)21(26)17-6-8-18(9-7-17)25-15-23-19-4-2-3-5-20(19)25/h2-9,15-16,22H,10-14H2,1H3/p+2. The van der Waals surface area contributed by atoms with Gasteiger partial charge >= 0.3 is 0 Å². The number of likely N-dealkylation sites (tertiary alicyclic amines) is 1. The number of nitrogens with zero attached hydrogens (tertiary/aromatic N) is 2. The van der Waals surface area contributed by atoms with Gasteiger partial charge in [0, 0.05) is 24.6 Å². The van der Waals surface area contributed by atoms with Gasteiger partial charge in [0.2, 0.25) is 6.33 Å². The molecule has 2 heterocycles. The summed E-state index contributed by atoms with van der Waals surface area (Å²) in [5.74, 6) is 0.893. The minimum atomic E-state index is 0.152. The predicted octanol–water partition coefficient (Wildman–Crippen LogP) is 1.49. The molecule has 0 radical (unpaired) electrons. The third kappa shape index (κ3) is 3.22. The Morgan fingerprint density at radius 2 is 1.88 bits per heavy atom. The third-order valence-electron chi connectivity index (χ3n) is 5.38. The first-order valence-corrected chi connectivity index (χ1v) is 9.41. The second-order valence-corrected chi connectivity index (χ2v) is 7.09. The molecule has 0 spiro atoms. The first-order chi connectivity index (χ1) is 12.8. The number of rotatable bonds is 4. The number of piperidine rings is 1. The molecule has 5 heteroatoms. The quantitative estimate of drug-likeness (QED) is 0.688. The van der Waals surface area contributed by atoms with E-state index in [0.29, 0.717) is 0 Å². The van der Waals surface area contributed by atoms with Crippen LogP contribution in [0.1, 0.15) is 23.2 Å². The first-order valence-electron chi connectivity index (χ1n) is 9.41. The van der Waals surface area contributed by atoms with Crippen LogP contribution in [0.15, 0.2) is 54.9 Å². The maximum atomic E-state index is 12.8. The van der Waals surface area contributed by atoms with Crippen LogP contribution >= 0.6 is 0 Å². The van der Waals surface area contributed by atoms with Crippen molar-refractivity contribution in [2.45, 2.75) is 12.8 Å². The molecule has 1 aliphatic rings. The first kappa shape index (κ1) is 16.8. The van der Waals surface area contributed by atoms with Gasteiger partial charge < -0.3 is 10.2 Å². The zero-order valence-corrected chi connectivity index (χ0v) is 15.2. The summed E-state index contributed by atoms with van der Waals surface area (Å²) in [6, 6.07) is 16.1. The number of quaternary nitrogens is 1. The van der Waals surface area contributed by atoms with Gasteiger partial charge in [-0.05, 0) is 49.2 Å². The van der Waals surface area contributed by atoms with E-state index in [9.17, 15) is 4.79 Å². The van der Waals surface area contributed by atoms with Gasteiger partial charge in [-0.3, -0.25) is 4.79 Å². The number of carbonyl (C=O) groups is 1.